The molecule has 16 heavy (non-hydrogen) atoms. The van der Waals surface area contributed by atoms with Crippen LogP contribution in [0, 0.1) is 0 Å². The monoisotopic (exact) mass is 216 g/mol. The molecule has 0 fully saturated rings. The minimum Gasteiger partial charge on any atom is -0.383 e. The fourth-order valence-corrected chi connectivity index (χ4v) is 1.65. The number of nitrogens with two attached hydrogens (primary N) is 1. The lowest BCUT2D eigenvalue weighted by Gasteiger charge is -2.02. The zero-order valence-corrected chi connectivity index (χ0v) is 9.43. The van der Waals surface area contributed by atoms with Gasteiger partial charge in [-0.05, 0) is 37.0 Å². The number of nitrogens with zero attached hydrogens (tertiary/aromatic N) is 3. The molecule has 2 N–H and O–H groups in total. The molecule has 0 aliphatic heterocycles. The van der Waals surface area contributed by atoms with Gasteiger partial charge in [-0.2, -0.15) is 5.10 Å². The van der Waals surface area contributed by atoms with Crippen molar-refractivity contribution in [2.45, 2.75) is 26.3 Å². The van der Waals surface area contributed by atoms with Gasteiger partial charge in [-0.25, -0.2) is 4.98 Å². The summed E-state index contributed by atoms with van der Waals surface area (Å²) in [5, 5.41) is 4.24. The fraction of sp³-hybridized carbons (Fsp3) is 0.333. The SMILES string of the molecule is CCn1cc(CCc2cccnc2N)cn1. The molecule has 0 atom stereocenters. The number of anilines is 1. The Balaban J connectivity index is 1.99. The summed E-state index contributed by atoms with van der Waals surface area (Å²) in [7, 11) is 0. The number of rotatable bonds is 4. The highest BCUT2D eigenvalue weighted by molar-refractivity contribution is 5.38. The lowest BCUT2D eigenvalue weighted by Crippen LogP contribution is -1.98. The molecule has 84 valence electrons. The second-order valence-corrected chi connectivity index (χ2v) is 3.75. The Bertz CT molecular complexity index is 462. The topological polar surface area (TPSA) is 56.7 Å². The largest absolute Gasteiger partial charge is 0.383 e. The van der Waals surface area contributed by atoms with E-state index in [1.807, 2.05) is 23.0 Å². The molecule has 2 aromatic heterocycles. The highest BCUT2D eigenvalue weighted by Crippen LogP contribution is 2.11. The van der Waals surface area contributed by atoms with E-state index in [2.05, 4.69) is 23.2 Å². The van der Waals surface area contributed by atoms with Gasteiger partial charge < -0.3 is 5.73 Å². The van der Waals surface area contributed by atoms with Crippen LogP contribution >= 0.6 is 0 Å². The second-order valence-electron chi connectivity index (χ2n) is 3.75. The predicted molar refractivity (Wildman–Crippen MR) is 64.0 cm³/mol. The van der Waals surface area contributed by atoms with Gasteiger partial charge in [0.1, 0.15) is 5.82 Å². The number of aryl methyl sites for hydroxylation is 3. The molecule has 0 aliphatic carbocycles. The van der Waals surface area contributed by atoms with E-state index in [1.54, 1.807) is 6.20 Å². The Morgan fingerprint density at radius 1 is 1.38 bits per heavy atom. The molecule has 4 heteroatoms. The summed E-state index contributed by atoms with van der Waals surface area (Å²) in [6.07, 6.45) is 7.57. The van der Waals surface area contributed by atoms with E-state index in [0.717, 1.165) is 24.9 Å². The van der Waals surface area contributed by atoms with Crippen LogP contribution in [0.5, 0.6) is 0 Å². The molecule has 4 nitrogen and oxygen atoms in total. The van der Waals surface area contributed by atoms with E-state index in [0.29, 0.717) is 5.82 Å². The Labute approximate surface area is 95.1 Å². The van der Waals surface area contributed by atoms with Crippen molar-refractivity contribution in [3.8, 4) is 0 Å². The molecule has 2 heterocycles. The number of aromatic nitrogens is 3. The Hall–Kier alpha value is -1.84. The van der Waals surface area contributed by atoms with Crippen molar-refractivity contribution < 1.29 is 0 Å². The van der Waals surface area contributed by atoms with Crippen molar-refractivity contribution >= 4 is 5.82 Å². The predicted octanol–water partition coefficient (Wildman–Crippen LogP) is 1.67. The van der Waals surface area contributed by atoms with Crippen LogP contribution in [0.1, 0.15) is 18.1 Å². The van der Waals surface area contributed by atoms with Gasteiger partial charge in [-0.1, -0.05) is 6.07 Å². The first-order valence-electron chi connectivity index (χ1n) is 5.50. The molecule has 0 amide bonds. The summed E-state index contributed by atoms with van der Waals surface area (Å²) in [6, 6.07) is 3.94. The van der Waals surface area contributed by atoms with E-state index in [-0.39, 0.29) is 0 Å². The average Bonchev–Trinajstić information content (AvgIpc) is 2.76. The Morgan fingerprint density at radius 3 is 2.94 bits per heavy atom. The summed E-state index contributed by atoms with van der Waals surface area (Å²) >= 11 is 0. The summed E-state index contributed by atoms with van der Waals surface area (Å²) in [5.41, 5.74) is 8.13. The Morgan fingerprint density at radius 2 is 2.25 bits per heavy atom. The smallest absolute Gasteiger partial charge is 0.126 e. The standard InChI is InChI=1S/C12H16N4/c1-2-16-9-10(8-15-16)5-6-11-4-3-7-14-12(11)13/h3-4,7-9H,2,5-6H2,1H3,(H2,13,14). The molecule has 0 spiro atoms. The van der Waals surface area contributed by atoms with E-state index >= 15 is 0 Å². The zero-order chi connectivity index (χ0) is 11.4. The summed E-state index contributed by atoms with van der Waals surface area (Å²) in [6.45, 7) is 2.99. The van der Waals surface area contributed by atoms with Crippen LogP contribution in [0.25, 0.3) is 0 Å². The molecule has 0 unspecified atom stereocenters. The molecule has 0 aliphatic rings. The third-order valence-corrected chi connectivity index (χ3v) is 2.62. The van der Waals surface area contributed by atoms with Crippen LogP contribution in [0.2, 0.25) is 0 Å². The van der Waals surface area contributed by atoms with Crippen molar-refractivity contribution in [1.29, 1.82) is 0 Å². The molecule has 2 rings (SSSR count). The molecule has 0 aromatic carbocycles. The first-order chi connectivity index (χ1) is 7.79. The van der Waals surface area contributed by atoms with Gasteiger partial charge in [0.2, 0.25) is 0 Å². The highest BCUT2D eigenvalue weighted by Gasteiger charge is 2.01. The minimum atomic E-state index is 0.630. The molecular formula is C12H16N4. The molecule has 2 aromatic rings. The van der Waals surface area contributed by atoms with Crippen LogP contribution in [0.4, 0.5) is 5.82 Å². The molecule has 0 radical (unpaired) electrons. The third-order valence-electron chi connectivity index (χ3n) is 2.62. The quantitative estimate of drug-likeness (QED) is 0.845. The van der Waals surface area contributed by atoms with Crippen LogP contribution in [-0.4, -0.2) is 14.8 Å². The van der Waals surface area contributed by atoms with Gasteiger partial charge in [0, 0.05) is 18.9 Å². The van der Waals surface area contributed by atoms with Crippen LogP contribution in [0.15, 0.2) is 30.7 Å². The van der Waals surface area contributed by atoms with E-state index in [1.165, 1.54) is 5.56 Å². The third kappa shape index (κ3) is 2.39. The van der Waals surface area contributed by atoms with Crippen molar-refractivity contribution in [2.24, 2.45) is 0 Å². The number of pyridine rings is 1. The van der Waals surface area contributed by atoms with E-state index in [9.17, 15) is 0 Å². The zero-order valence-electron chi connectivity index (χ0n) is 9.43. The van der Waals surface area contributed by atoms with Gasteiger partial charge in [0.15, 0.2) is 0 Å². The van der Waals surface area contributed by atoms with Crippen LogP contribution < -0.4 is 5.73 Å². The number of nitrogen functional groups attached to an aromatic ring is 1. The number of hydrogen-bond donors (Lipinski definition) is 1. The summed E-state index contributed by atoms with van der Waals surface area (Å²) in [5.74, 6) is 0.630. The van der Waals surface area contributed by atoms with Crippen molar-refractivity contribution in [3.05, 3.63) is 41.9 Å². The first-order valence-corrected chi connectivity index (χ1v) is 5.50. The Kier molecular flexibility index (Phi) is 3.19. The van der Waals surface area contributed by atoms with E-state index < -0.39 is 0 Å². The molecule has 0 saturated heterocycles. The average molecular weight is 216 g/mol. The van der Waals surface area contributed by atoms with Gasteiger partial charge in [-0.3, -0.25) is 4.68 Å². The minimum absolute atomic E-state index is 0.630. The van der Waals surface area contributed by atoms with Crippen LogP contribution in [0.3, 0.4) is 0 Å². The maximum absolute atomic E-state index is 5.78. The molecular weight excluding hydrogens is 200 g/mol. The highest BCUT2D eigenvalue weighted by atomic mass is 15.3. The first kappa shape index (κ1) is 10.7. The normalized spacial score (nSPS) is 10.6. The molecule has 0 bridgehead atoms. The molecule has 0 saturated carbocycles. The summed E-state index contributed by atoms with van der Waals surface area (Å²) in [4.78, 5) is 4.07. The van der Waals surface area contributed by atoms with Crippen LogP contribution in [-0.2, 0) is 19.4 Å². The van der Waals surface area contributed by atoms with Gasteiger partial charge in [0.05, 0.1) is 6.20 Å². The maximum atomic E-state index is 5.78. The summed E-state index contributed by atoms with van der Waals surface area (Å²) < 4.78 is 1.93. The van der Waals surface area contributed by atoms with Crippen molar-refractivity contribution in [3.63, 3.8) is 0 Å². The van der Waals surface area contributed by atoms with Gasteiger partial charge in [-0.15, -0.1) is 0 Å². The van der Waals surface area contributed by atoms with Gasteiger partial charge >= 0.3 is 0 Å². The van der Waals surface area contributed by atoms with Crippen molar-refractivity contribution in [2.75, 3.05) is 5.73 Å². The van der Waals surface area contributed by atoms with Crippen molar-refractivity contribution in [1.82, 2.24) is 14.8 Å². The maximum Gasteiger partial charge on any atom is 0.126 e. The second kappa shape index (κ2) is 4.79. The van der Waals surface area contributed by atoms with E-state index in [4.69, 9.17) is 5.73 Å². The number of hydrogen-bond acceptors (Lipinski definition) is 3. The lowest BCUT2D eigenvalue weighted by molar-refractivity contribution is 0.659. The fourth-order valence-electron chi connectivity index (χ4n) is 1.65. The van der Waals surface area contributed by atoms with Gasteiger partial charge in [0.25, 0.3) is 0 Å². The lowest BCUT2D eigenvalue weighted by atomic mass is 10.1.